The summed E-state index contributed by atoms with van der Waals surface area (Å²) in [5.41, 5.74) is 0. The topological polar surface area (TPSA) is 81.9 Å². The quantitative estimate of drug-likeness (QED) is 0.364. The Morgan fingerprint density at radius 1 is 1.31 bits per heavy atom. The van der Waals surface area contributed by atoms with E-state index in [0.717, 1.165) is 19.3 Å². The van der Waals surface area contributed by atoms with Crippen molar-refractivity contribution < 1.29 is 19.8 Å². The standard InChI is InChI=1S/C6H10N2O5/c9-6(12-13-8(10)11)7-4-2-1-3-5-7/h1-5H2. The molecule has 7 heteroatoms. The predicted molar refractivity (Wildman–Crippen MR) is 40.0 cm³/mol. The molecule has 13 heavy (non-hydrogen) atoms. The molecule has 1 heterocycles. The molecule has 0 saturated carbocycles. The minimum atomic E-state index is -1.16. The van der Waals surface area contributed by atoms with Crippen LogP contribution < -0.4 is 0 Å². The van der Waals surface area contributed by atoms with Gasteiger partial charge in [-0.2, -0.15) is 0 Å². The molecule has 1 amide bonds. The van der Waals surface area contributed by atoms with Crippen LogP contribution in [0.3, 0.4) is 0 Å². The van der Waals surface area contributed by atoms with Crippen LogP contribution >= 0.6 is 0 Å². The highest BCUT2D eigenvalue weighted by Crippen LogP contribution is 2.09. The molecule has 1 aliphatic rings. The Morgan fingerprint density at radius 3 is 2.46 bits per heavy atom. The molecule has 0 aliphatic carbocycles. The molecule has 0 aromatic heterocycles. The second kappa shape index (κ2) is 4.48. The van der Waals surface area contributed by atoms with Crippen LogP contribution in [0.1, 0.15) is 19.3 Å². The molecule has 0 N–H and O–H groups in total. The van der Waals surface area contributed by atoms with E-state index in [4.69, 9.17) is 0 Å². The number of nitrogens with zero attached hydrogens (tertiary/aromatic N) is 2. The average molecular weight is 190 g/mol. The van der Waals surface area contributed by atoms with E-state index in [-0.39, 0.29) is 0 Å². The first-order valence-corrected chi connectivity index (χ1v) is 3.98. The van der Waals surface area contributed by atoms with Crippen LogP contribution in [-0.2, 0) is 9.88 Å². The molecule has 1 aliphatic heterocycles. The Morgan fingerprint density at radius 2 is 1.92 bits per heavy atom. The fourth-order valence-electron chi connectivity index (χ4n) is 1.19. The van der Waals surface area contributed by atoms with Crippen molar-refractivity contribution in [1.82, 2.24) is 4.90 Å². The van der Waals surface area contributed by atoms with Gasteiger partial charge < -0.3 is 4.90 Å². The summed E-state index contributed by atoms with van der Waals surface area (Å²) in [6.07, 6.45) is 2.07. The van der Waals surface area contributed by atoms with Gasteiger partial charge >= 0.3 is 11.2 Å². The Labute approximate surface area is 74.2 Å². The summed E-state index contributed by atoms with van der Waals surface area (Å²) in [7, 11) is 0. The molecule has 0 spiro atoms. The van der Waals surface area contributed by atoms with Gasteiger partial charge in [0, 0.05) is 13.1 Å². The molecule has 0 aromatic carbocycles. The summed E-state index contributed by atoms with van der Waals surface area (Å²) in [6.45, 7) is 1.14. The number of rotatable bonds is 2. The van der Waals surface area contributed by atoms with Gasteiger partial charge in [-0.15, -0.1) is 10.1 Å². The summed E-state index contributed by atoms with van der Waals surface area (Å²) in [5.74, 6) is 0. The Balaban J connectivity index is 2.25. The third-order valence-electron chi connectivity index (χ3n) is 1.78. The second-order valence-electron chi connectivity index (χ2n) is 2.70. The third kappa shape index (κ3) is 3.14. The van der Waals surface area contributed by atoms with Crippen molar-refractivity contribution in [2.45, 2.75) is 19.3 Å². The summed E-state index contributed by atoms with van der Waals surface area (Å²) in [5, 5.41) is 8.51. The first kappa shape index (κ1) is 9.56. The molecule has 0 atom stereocenters. The Hall–Kier alpha value is -1.53. The average Bonchev–Trinajstić information content (AvgIpc) is 2.15. The smallest absolute Gasteiger partial charge is 0.306 e. The maximum absolute atomic E-state index is 11.0. The van der Waals surface area contributed by atoms with Crippen LogP contribution in [0, 0.1) is 10.1 Å². The van der Waals surface area contributed by atoms with Gasteiger partial charge in [0.25, 0.3) is 0 Å². The van der Waals surface area contributed by atoms with E-state index in [1.165, 1.54) is 4.90 Å². The van der Waals surface area contributed by atoms with Crippen molar-refractivity contribution in [2.24, 2.45) is 0 Å². The van der Waals surface area contributed by atoms with Crippen molar-refractivity contribution >= 4 is 6.09 Å². The largest absolute Gasteiger partial charge is 0.442 e. The fourth-order valence-corrected chi connectivity index (χ4v) is 1.19. The number of carbonyl (C=O) groups is 1. The molecular weight excluding hydrogens is 180 g/mol. The molecule has 0 bridgehead atoms. The van der Waals surface area contributed by atoms with E-state index in [2.05, 4.69) is 9.88 Å². The zero-order valence-corrected chi connectivity index (χ0v) is 6.97. The Bertz CT molecular complexity index is 201. The highest BCUT2D eigenvalue weighted by Gasteiger charge is 2.19. The number of piperidine rings is 1. The first-order chi connectivity index (χ1) is 6.20. The molecule has 0 aromatic rings. The van der Waals surface area contributed by atoms with E-state index < -0.39 is 11.2 Å². The maximum atomic E-state index is 11.0. The molecule has 0 unspecified atom stereocenters. The fraction of sp³-hybridized carbons (Fsp3) is 0.833. The highest BCUT2D eigenvalue weighted by atomic mass is 17.3. The number of carbonyl (C=O) groups excluding carboxylic acids is 1. The monoisotopic (exact) mass is 190 g/mol. The molecular formula is C6H10N2O5. The number of hydrogen-bond donors (Lipinski definition) is 0. The predicted octanol–water partition coefficient (Wildman–Crippen LogP) is 0.732. The van der Waals surface area contributed by atoms with Gasteiger partial charge in [-0.05, 0) is 19.3 Å². The summed E-state index contributed by atoms with van der Waals surface area (Å²) < 4.78 is 0. The molecule has 7 nitrogen and oxygen atoms in total. The highest BCUT2D eigenvalue weighted by molar-refractivity contribution is 5.66. The van der Waals surface area contributed by atoms with E-state index in [0.29, 0.717) is 13.1 Å². The van der Waals surface area contributed by atoms with Crippen molar-refractivity contribution in [1.29, 1.82) is 0 Å². The molecule has 1 fully saturated rings. The van der Waals surface area contributed by atoms with Crippen LogP contribution in [0.2, 0.25) is 0 Å². The van der Waals surface area contributed by atoms with Crippen molar-refractivity contribution in [3.05, 3.63) is 10.1 Å². The van der Waals surface area contributed by atoms with Gasteiger partial charge in [0.15, 0.2) is 0 Å². The van der Waals surface area contributed by atoms with Crippen LogP contribution in [0.25, 0.3) is 0 Å². The van der Waals surface area contributed by atoms with E-state index in [9.17, 15) is 14.9 Å². The van der Waals surface area contributed by atoms with Gasteiger partial charge in [-0.1, -0.05) is 4.99 Å². The van der Waals surface area contributed by atoms with Gasteiger partial charge in [0.2, 0.25) is 0 Å². The van der Waals surface area contributed by atoms with E-state index in [1.54, 1.807) is 0 Å². The lowest BCUT2D eigenvalue weighted by Crippen LogP contribution is -2.36. The van der Waals surface area contributed by atoms with Crippen molar-refractivity contribution in [3.8, 4) is 0 Å². The zero-order chi connectivity index (χ0) is 9.68. The molecule has 0 radical (unpaired) electrons. The van der Waals surface area contributed by atoms with Gasteiger partial charge in [-0.3, -0.25) is 0 Å². The zero-order valence-electron chi connectivity index (χ0n) is 6.97. The van der Waals surface area contributed by atoms with Gasteiger partial charge in [-0.25, -0.2) is 9.68 Å². The van der Waals surface area contributed by atoms with Gasteiger partial charge in [0.1, 0.15) is 0 Å². The van der Waals surface area contributed by atoms with Gasteiger partial charge in [0.05, 0.1) is 0 Å². The second-order valence-corrected chi connectivity index (χ2v) is 2.70. The normalized spacial score (nSPS) is 16.5. The van der Waals surface area contributed by atoms with Crippen LogP contribution in [0.4, 0.5) is 4.79 Å². The molecule has 74 valence electrons. The van der Waals surface area contributed by atoms with E-state index >= 15 is 0 Å². The SMILES string of the molecule is O=C(OO[N+](=O)[O-])N1CCCCC1. The lowest BCUT2D eigenvalue weighted by Gasteiger charge is -2.24. The summed E-state index contributed by atoms with van der Waals surface area (Å²) in [4.78, 5) is 29.5. The maximum Gasteiger partial charge on any atom is 0.442 e. The van der Waals surface area contributed by atoms with Crippen LogP contribution in [0.15, 0.2) is 0 Å². The summed E-state index contributed by atoms with van der Waals surface area (Å²) >= 11 is 0. The van der Waals surface area contributed by atoms with Crippen molar-refractivity contribution in [2.75, 3.05) is 13.1 Å². The molecule has 1 rings (SSSR count). The summed E-state index contributed by atoms with van der Waals surface area (Å²) in [6, 6.07) is 0. The number of amides is 1. The lowest BCUT2D eigenvalue weighted by molar-refractivity contribution is -0.839. The van der Waals surface area contributed by atoms with Crippen LogP contribution in [0.5, 0.6) is 0 Å². The van der Waals surface area contributed by atoms with Crippen molar-refractivity contribution in [3.63, 3.8) is 0 Å². The number of likely N-dealkylation sites (tertiary alicyclic amines) is 1. The third-order valence-corrected chi connectivity index (χ3v) is 1.78. The lowest BCUT2D eigenvalue weighted by atomic mass is 10.1. The minimum Gasteiger partial charge on any atom is -0.306 e. The number of hydrogen-bond acceptors (Lipinski definition) is 5. The minimum absolute atomic E-state index is 0.569. The van der Waals surface area contributed by atoms with E-state index in [1.807, 2.05) is 0 Å². The first-order valence-electron chi connectivity index (χ1n) is 3.98. The Kier molecular flexibility index (Phi) is 3.30. The molecule has 1 saturated heterocycles. The van der Waals surface area contributed by atoms with Crippen LogP contribution in [-0.4, -0.2) is 29.2 Å².